The minimum absolute atomic E-state index is 0.661. The largest absolute Gasteiger partial charge is 0.357 e. The van der Waals surface area contributed by atoms with Crippen molar-refractivity contribution in [3.63, 3.8) is 0 Å². The third-order valence-electron chi connectivity index (χ3n) is 3.57. The number of aryl methyl sites for hydroxylation is 1. The van der Waals surface area contributed by atoms with Crippen LogP contribution in [0.15, 0.2) is 9.52 Å². The van der Waals surface area contributed by atoms with Gasteiger partial charge in [-0.2, -0.15) is 4.98 Å². The van der Waals surface area contributed by atoms with Crippen molar-refractivity contribution in [3.8, 4) is 0 Å². The number of hydrogen-bond acceptors (Lipinski definition) is 4. The summed E-state index contributed by atoms with van der Waals surface area (Å²) >= 11 is 0. The van der Waals surface area contributed by atoms with E-state index in [1.165, 1.54) is 12.8 Å². The topological polar surface area (TPSA) is 66.5 Å². The Morgan fingerprint density at radius 3 is 2.80 bits per heavy atom. The van der Waals surface area contributed by atoms with Crippen molar-refractivity contribution < 1.29 is 4.52 Å². The third-order valence-corrected chi connectivity index (χ3v) is 3.57. The molecule has 1 aromatic rings. The van der Waals surface area contributed by atoms with Gasteiger partial charge in [-0.15, -0.1) is 0 Å². The zero-order valence-corrected chi connectivity index (χ0v) is 12.7. The number of aliphatic imine (C=N–C) groups is 1. The predicted octanol–water partition coefficient (Wildman–Crippen LogP) is 1.62. The van der Waals surface area contributed by atoms with Crippen LogP contribution in [-0.4, -0.2) is 47.2 Å². The molecule has 1 N–H and O–H groups in total. The second-order valence-corrected chi connectivity index (χ2v) is 5.39. The Kier molecular flexibility index (Phi) is 5.38. The lowest BCUT2D eigenvalue weighted by molar-refractivity contribution is 0.273. The maximum Gasteiger partial charge on any atom is 0.228 e. The van der Waals surface area contributed by atoms with Crippen molar-refractivity contribution in [2.24, 2.45) is 10.9 Å². The van der Waals surface area contributed by atoms with E-state index in [-0.39, 0.29) is 0 Å². The molecule has 0 aliphatic carbocycles. The van der Waals surface area contributed by atoms with E-state index in [2.05, 4.69) is 39.2 Å². The van der Waals surface area contributed by atoms with Crippen LogP contribution in [0.1, 0.15) is 38.4 Å². The number of hydrogen-bond donors (Lipinski definition) is 1. The zero-order chi connectivity index (χ0) is 14.4. The average molecular weight is 279 g/mol. The van der Waals surface area contributed by atoms with E-state index in [0.717, 1.165) is 31.5 Å². The van der Waals surface area contributed by atoms with Gasteiger partial charge in [-0.25, -0.2) is 0 Å². The first-order valence-corrected chi connectivity index (χ1v) is 7.51. The summed E-state index contributed by atoms with van der Waals surface area (Å²) in [4.78, 5) is 11.2. The molecule has 2 rings (SSSR count). The predicted molar refractivity (Wildman–Crippen MR) is 78.7 cm³/mol. The van der Waals surface area contributed by atoms with Gasteiger partial charge in [0.1, 0.15) is 0 Å². The second-order valence-electron chi connectivity index (χ2n) is 5.39. The first-order valence-electron chi connectivity index (χ1n) is 7.51. The van der Waals surface area contributed by atoms with Crippen LogP contribution in [0.2, 0.25) is 0 Å². The molecule has 1 fully saturated rings. The molecular formula is C14H25N5O. The fraction of sp³-hybridized carbons (Fsp3) is 0.786. The molecule has 0 bridgehead atoms. The smallest absolute Gasteiger partial charge is 0.228 e. The summed E-state index contributed by atoms with van der Waals surface area (Å²) in [7, 11) is 0. The lowest BCUT2D eigenvalue weighted by Gasteiger charge is -2.32. The van der Waals surface area contributed by atoms with Crippen LogP contribution in [0.5, 0.6) is 0 Å². The van der Waals surface area contributed by atoms with Crippen LogP contribution < -0.4 is 5.32 Å². The monoisotopic (exact) mass is 279 g/mol. The number of aromatic nitrogens is 2. The normalized spacial score (nSPS) is 17.6. The Balaban J connectivity index is 1.88. The standard InChI is InChI=1S/C14H25N5O/c1-4-15-14(19-9-6-11(2)7-10-19)16-8-5-13-17-12(3)18-20-13/h11H,4-10H2,1-3H3,(H,15,16). The second kappa shape index (κ2) is 7.26. The highest BCUT2D eigenvalue weighted by Crippen LogP contribution is 2.15. The molecule has 6 nitrogen and oxygen atoms in total. The number of piperidine rings is 1. The van der Waals surface area contributed by atoms with Gasteiger partial charge >= 0.3 is 0 Å². The Bertz CT molecular complexity index is 435. The minimum atomic E-state index is 0.661. The van der Waals surface area contributed by atoms with Gasteiger partial charge in [0.2, 0.25) is 5.89 Å². The van der Waals surface area contributed by atoms with Crippen LogP contribution in [0.4, 0.5) is 0 Å². The van der Waals surface area contributed by atoms with E-state index in [9.17, 15) is 0 Å². The summed E-state index contributed by atoms with van der Waals surface area (Å²) < 4.78 is 5.10. The molecule has 0 radical (unpaired) electrons. The van der Waals surface area contributed by atoms with E-state index in [4.69, 9.17) is 4.52 Å². The van der Waals surface area contributed by atoms with Crippen LogP contribution in [-0.2, 0) is 6.42 Å². The van der Waals surface area contributed by atoms with Crippen molar-refractivity contribution in [1.29, 1.82) is 0 Å². The van der Waals surface area contributed by atoms with Crippen LogP contribution in [0.3, 0.4) is 0 Å². The first kappa shape index (κ1) is 14.8. The van der Waals surface area contributed by atoms with Crippen molar-refractivity contribution in [3.05, 3.63) is 11.7 Å². The van der Waals surface area contributed by atoms with Gasteiger partial charge in [0.05, 0.1) is 6.54 Å². The quantitative estimate of drug-likeness (QED) is 0.670. The molecule has 1 aliphatic rings. The van der Waals surface area contributed by atoms with Crippen molar-refractivity contribution in [1.82, 2.24) is 20.4 Å². The van der Waals surface area contributed by atoms with Gasteiger partial charge in [-0.05, 0) is 32.6 Å². The summed E-state index contributed by atoms with van der Waals surface area (Å²) in [6, 6.07) is 0. The van der Waals surface area contributed by atoms with E-state index in [1.54, 1.807) is 0 Å². The van der Waals surface area contributed by atoms with Crippen LogP contribution in [0, 0.1) is 12.8 Å². The molecule has 2 heterocycles. The van der Waals surface area contributed by atoms with Gasteiger partial charge in [0, 0.05) is 26.1 Å². The minimum Gasteiger partial charge on any atom is -0.357 e. The number of nitrogens with one attached hydrogen (secondary N) is 1. The van der Waals surface area contributed by atoms with Gasteiger partial charge in [-0.1, -0.05) is 12.1 Å². The Hall–Kier alpha value is -1.59. The maximum absolute atomic E-state index is 5.10. The van der Waals surface area contributed by atoms with Crippen molar-refractivity contribution in [2.45, 2.75) is 40.0 Å². The number of guanidine groups is 1. The SMILES string of the molecule is CCNC(=NCCc1nc(C)no1)N1CCC(C)CC1. The molecule has 1 aliphatic heterocycles. The molecule has 0 spiro atoms. The summed E-state index contributed by atoms with van der Waals surface area (Å²) in [5, 5.41) is 7.16. The summed E-state index contributed by atoms with van der Waals surface area (Å²) in [5.41, 5.74) is 0. The first-order chi connectivity index (χ1) is 9.69. The van der Waals surface area contributed by atoms with E-state index >= 15 is 0 Å². The highest BCUT2D eigenvalue weighted by molar-refractivity contribution is 5.80. The average Bonchev–Trinajstić information content (AvgIpc) is 2.84. The molecule has 0 amide bonds. The molecule has 0 aromatic carbocycles. The van der Waals surface area contributed by atoms with Gasteiger partial charge in [0.25, 0.3) is 0 Å². The molecule has 6 heteroatoms. The molecule has 112 valence electrons. The van der Waals surface area contributed by atoms with Crippen molar-refractivity contribution in [2.75, 3.05) is 26.2 Å². The summed E-state index contributed by atoms with van der Waals surface area (Å²) in [5.74, 6) is 3.18. The Labute approximate surface area is 120 Å². The number of rotatable bonds is 4. The zero-order valence-electron chi connectivity index (χ0n) is 12.7. The molecule has 0 unspecified atom stereocenters. The van der Waals surface area contributed by atoms with Crippen LogP contribution >= 0.6 is 0 Å². The maximum atomic E-state index is 5.10. The summed E-state index contributed by atoms with van der Waals surface area (Å²) in [6.07, 6.45) is 3.18. The lowest BCUT2D eigenvalue weighted by atomic mass is 10.00. The highest BCUT2D eigenvalue weighted by Gasteiger charge is 2.18. The molecule has 0 atom stereocenters. The number of nitrogens with zero attached hydrogens (tertiary/aromatic N) is 4. The summed E-state index contributed by atoms with van der Waals surface area (Å²) in [6.45, 7) is 10.00. The number of likely N-dealkylation sites (tertiary alicyclic amines) is 1. The van der Waals surface area contributed by atoms with E-state index < -0.39 is 0 Å². The fourth-order valence-corrected chi connectivity index (χ4v) is 2.35. The molecule has 1 saturated heterocycles. The molecular weight excluding hydrogens is 254 g/mol. The Morgan fingerprint density at radius 1 is 1.45 bits per heavy atom. The molecule has 20 heavy (non-hydrogen) atoms. The van der Waals surface area contributed by atoms with Gasteiger partial charge in [0.15, 0.2) is 11.8 Å². The molecule has 0 saturated carbocycles. The van der Waals surface area contributed by atoms with Gasteiger partial charge < -0.3 is 14.7 Å². The third kappa shape index (κ3) is 4.21. The molecule has 1 aromatic heterocycles. The fourth-order valence-electron chi connectivity index (χ4n) is 2.35. The van der Waals surface area contributed by atoms with E-state index in [1.807, 2.05) is 6.92 Å². The van der Waals surface area contributed by atoms with Crippen molar-refractivity contribution >= 4 is 5.96 Å². The van der Waals surface area contributed by atoms with E-state index in [0.29, 0.717) is 24.7 Å². The van der Waals surface area contributed by atoms with Gasteiger partial charge in [-0.3, -0.25) is 4.99 Å². The highest BCUT2D eigenvalue weighted by atomic mass is 16.5. The van der Waals surface area contributed by atoms with Crippen LogP contribution in [0.25, 0.3) is 0 Å². The Morgan fingerprint density at radius 2 is 2.20 bits per heavy atom. The lowest BCUT2D eigenvalue weighted by Crippen LogP contribution is -2.45.